The molecule has 0 bridgehead atoms. The molecule has 0 aliphatic carbocycles. The van der Waals surface area contributed by atoms with E-state index in [-0.39, 0.29) is 16.3 Å². The molecule has 0 radical (unpaired) electrons. The molecule has 0 aliphatic rings. The van der Waals surface area contributed by atoms with E-state index >= 15 is 0 Å². The summed E-state index contributed by atoms with van der Waals surface area (Å²) < 4.78 is 1.13. The van der Waals surface area contributed by atoms with Gasteiger partial charge in [0.15, 0.2) is 4.96 Å². The number of aromatic nitrogens is 2. The molecule has 0 saturated carbocycles. The second-order valence-electron chi connectivity index (χ2n) is 4.88. The fourth-order valence-electron chi connectivity index (χ4n) is 2.35. The zero-order valence-corrected chi connectivity index (χ0v) is 12.8. The van der Waals surface area contributed by atoms with E-state index in [0.717, 1.165) is 21.3 Å². The van der Waals surface area contributed by atoms with Crippen molar-refractivity contribution >= 4 is 22.1 Å². The third-order valence-electron chi connectivity index (χ3n) is 3.50. The predicted molar refractivity (Wildman–Crippen MR) is 87.0 cm³/mol. The Morgan fingerprint density at radius 1 is 1.17 bits per heavy atom. The van der Waals surface area contributed by atoms with Gasteiger partial charge < -0.3 is 5.73 Å². The Labute approximate surface area is 135 Å². The van der Waals surface area contributed by atoms with E-state index in [0.29, 0.717) is 23.5 Å². The molecule has 1 aromatic carbocycles. The monoisotopic (exact) mass is 321 g/mol. The van der Waals surface area contributed by atoms with Crippen LogP contribution < -0.4 is 11.3 Å². The molecule has 0 unspecified atom stereocenters. The van der Waals surface area contributed by atoms with Crippen molar-refractivity contribution in [2.75, 3.05) is 5.73 Å². The lowest BCUT2D eigenvalue weighted by Gasteiger charge is -2.04. The fraction of sp³-hybridized carbons (Fsp3) is 0.125. The van der Waals surface area contributed by atoms with Gasteiger partial charge in [-0.25, -0.2) is 9.38 Å². The van der Waals surface area contributed by atoms with E-state index in [1.165, 1.54) is 0 Å². The van der Waals surface area contributed by atoms with Crippen LogP contribution in [-0.4, -0.2) is 9.38 Å². The fourth-order valence-corrected chi connectivity index (χ4v) is 3.20. The first-order chi connectivity index (χ1) is 11.2. The average Bonchev–Trinajstić information content (AvgIpc) is 2.90. The molecule has 2 heterocycles. The van der Waals surface area contributed by atoms with Gasteiger partial charge in [-0.1, -0.05) is 41.7 Å². The molecule has 0 amide bonds. The minimum atomic E-state index is -0.518. The van der Waals surface area contributed by atoms with Crippen LogP contribution in [0.3, 0.4) is 0 Å². The van der Waals surface area contributed by atoms with Gasteiger partial charge in [0.05, 0.1) is 5.69 Å². The van der Waals surface area contributed by atoms with Crippen LogP contribution in [0.2, 0.25) is 0 Å². The lowest BCUT2D eigenvalue weighted by atomic mass is 10.1. The van der Waals surface area contributed by atoms with E-state index < -0.39 is 5.56 Å². The van der Waals surface area contributed by atoms with Crippen molar-refractivity contribution in [3.63, 3.8) is 0 Å². The number of nitriles is 2. The molecule has 0 aliphatic heterocycles. The first kappa shape index (κ1) is 14.8. The zero-order valence-electron chi connectivity index (χ0n) is 12.0. The van der Waals surface area contributed by atoms with Gasteiger partial charge in [-0.05, 0) is 18.4 Å². The topological polar surface area (TPSA) is 108 Å². The number of nitrogens with two attached hydrogens (primary N) is 1. The van der Waals surface area contributed by atoms with Crippen LogP contribution >= 0.6 is 11.3 Å². The van der Waals surface area contributed by atoms with Crippen molar-refractivity contribution in [2.45, 2.75) is 12.8 Å². The van der Waals surface area contributed by atoms with Gasteiger partial charge >= 0.3 is 0 Å². The van der Waals surface area contributed by atoms with Gasteiger partial charge in [0, 0.05) is 0 Å². The molecule has 3 rings (SSSR count). The minimum Gasteiger partial charge on any atom is -0.383 e. The number of hydrogen-bond donors (Lipinski definition) is 1. The molecule has 112 valence electrons. The van der Waals surface area contributed by atoms with Gasteiger partial charge in [0.25, 0.3) is 5.56 Å². The van der Waals surface area contributed by atoms with Crippen molar-refractivity contribution < 1.29 is 0 Å². The lowest BCUT2D eigenvalue weighted by Crippen LogP contribution is -2.21. The third kappa shape index (κ3) is 2.54. The van der Waals surface area contributed by atoms with Gasteiger partial charge in [-0.3, -0.25) is 4.79 Å². The Morgan fingerprint density at radius 2 is 1.91 bits per heavy atom. The number of anilines is 1. The summed E-state index contributed by atoms with van der Waals surface area (Å²) in [5.74, 6) is 0.0381. The molecule has 3 aromatic rings. The van der Waals surface area contributed by atoms with Crippen molar-refractivity contribution in [1.82, 2.24) is 9.38 Å². The van der Waals surface area contributed by atoms with Crippen LogP contribution in [0.4, 0.5) is 5.82 Å². The number of aryl methyl sites for hydroxylation is 2. The molecule has 6 nitrogen and oxygen atoms in total. The number of thiazole rings is 1. The van der Waals surface area contributed by atoms with Crippen LogP contribution in [0, 0.1) is 22.7 Å². The third-order valence-corrected chi connectivity index (χ3v) is 4.46. The number of fused-ring (bicyclic) bond motifs is 1. The van der Waals surface area contributed by atoms with E-state index in [2.05, 4.69) is 4.98 Å². The number of nitrogens with zero attached hydrogens (tertiary/aromatic N) is 4. The second kappa shape index (κ2) is 5.91. The summed E-state index contributed by atoms with van der Waals surface area (Å²) >= 11 is 1.05. The Morgan fingerprint density at radius 3 is 2.57 bits per heavy atom. The molecular weight excluding hydrogens is 310 g/mol. The first-order valence-electron chi connectivity index (χ1n) is 6.83. The molecule has 0 atom stereocenters. The summed E-state index contributed by atoms with van der Waals surface area (Å²) in [5, 5.41) is 18.3. The Hall–Kier alpha value is -3.16. The van der Waals surface area contributed by atoms with Crippen LogP contribution in [-0.2, 0) is 12.8 Å². The lowest BCUT2D eigenvalue weighted by molar-refractivity contribution is 0.893. The molecule has 2 N–H and O–H groups in total. The number of benzene rings is 1. The maximum atomic E-state index is 12.5. The van der Waals surface area contributed by atoms with E-state index in [1.54, 1.807) is 0 Å². The van der Waals surface area contributed by atoms with Gasteiger partial charge in [-0.15, -0.1) is 0 Å². The summed E-state index contributed by atoms with van der Waals surface area (Å²) in [6.45, 7) is 0. The van der Waals surface area contributed by atoms with E-state index in [1.807, 2.05) is 42.5 Å². The maximum Gasteiger partial charge on any atom is 0.278 e. The van der Waals surface area contributed by atoms with Crippen molar-refractivity contribution in [3.8, 4) is 12.1 Å². The van der Waals surface area contributed by atoms with Gasteiger partial charge in [0.2, 0.25) is 0 Å². The second-order valence-corrected chi connectivity index (χ2v) is 5.86. The predicted octanol–water partition coefficient (Wildman–Crippen LogP) is 1.87. The molecule has 2 aromatic heterocycles. The normalized spacial score (nSPS) is 10.3. The summed E-state index contributed by atoms with van der Waals surface area (Å²) in [7, 11) is 0. The highest BCUT2D eigenvalue weighted by Crippen LogP contribution is 2.22. The summed E-state index contributed by atoms with van der Waals surface area (Å²) in [6.07, 6.45) is 1.14. The zero-order chi connectivity index (χ0) is 16.4. The van der Waals surface area contributed by atoms with Crippen LogP contribution in [0.5, 0.6) is 0 Å². The quantitative estimate of drug-likeness (QED) is 0.792. The smallest absolute Gasteiger partial charge is 0.278 e. The Bertz CT molecular complexity index is 1020. The summed E-state index contributed by atoms with van der Waals surface area (Å²) in [6, 6.07) is 13.6. The molecule has 0 spiro atoms. The minimum absolute atomic E-state index is 0.0209. The SMILES string of the molecule is N#Cc1sc2nc(CCc3ccccc3)c(C#N)c(=O)n2c1N. The number of rotatable bonds is 3. The maximum absolute atomic E-state index is 12.5. The molecule has 7 heteroatoms. The largest absolute Gasteiger partial charge is 0.383 e. The Kier molecular flexibility index (Phi) is 3.80. The first-order valence-corrected chi connectivity index (χ1v) is 7.65. The van der Waals surface area contributed by atoms with E-state index in [4.69, 9.17) is 11.0 Å². The highest BCUT2D eigenvalue weighted by Gasteiger charge is 2.18. The average molecular weight is 321 g/mol. The molecule has 23 heavy (non-hydrogen) atoms. The molecule has 0 fully saturated rings. The van der Waals surface area contributed by atoms with Gasteiger partial charge in [-0.2, -0.15) is 10.5 Å². The molecular formula is C16H11N5OS. The van der Waals surface area contributed by atoms with Crippen LogP contribution in [0.15, 0.2) is 35.1 Å². The van der Waals surface area contributed by atoms with Crippen LogP contribution in [0.25, 0.3) is 4.96 Å². The summed E-state index contributed by atoms with van der Waals surface area (Å²) in [5.41, 5.74) is 6.79. The van der Waals surface area contributed by atoms with Crippen molar-refractivity contribution in [2.24, 2.45) is 0 Å². The van der Waals surface area contributed by atoms with Crippen molar-refractivity contribution in [1.29, 1.82) is 10.5 Å². The van der Waals surface area contributed by atoms with E-state index in [9.17, 15) is 10.1 Å². The van der Waals surface area contributed by atoms with Crippen LogP contribution in [0.1, 0.15) is 21.7 Å². The number of nitrogen functional groups attached to an aromatic ring is 1. The summed E-state index contributed by atoms with van der Waals surface area (Å²) in [4.78, 5) is 17.4. The Balaban J connectivity index is 2.09. The van der Waals surface area contributed by atoms with Crippen molar-refractivity contribution in [3.05, 3.63) is 62.4 Å². The highest BCUT2D eigenvalue weighted by atomic mass is 32.1. The standard InChI is InChI=1S/C16H11N5OS/c17-8-11-12(7-6-10-4-2-1-3-5-10)20-16-21(15(11)22)14(19)13(9-18)23-16/h1-5H,6-7,19H2. The molecule has 0 saturated heterocycles. The highest BCUT2D eigenvalue weighted by molar-refractivity contribution is 7.18. The van der Waals surface area contributed by atoms with Gasteiger partial charge in [0.1, 0.15) is 28.4 Å². The number of hydrogen-bond acceptors (Lipinski definition) is 6.